The molecular formula is C12H18N4. The van der Waals surface area contributed by atoms with E-state index in [2.05, 4.69) is 27.9 Å². The zero-order valence-electron chi connectivity index (χ0n) is 9.32. The van der Waals surface area contributed by atoms with Gasteiger partial charge in [0.05, 0.1) is 0 Å². The fourth-order valence-electron chi connectivity index (χ4n) is 1.50. The zero-order chi connectivity index (χ0) is 11.2. The Balaban J connectivity index is 1.78. The molecule has 2 rings (SSSR count). The van der Waals surface area contributed by atoms with Crippen LogP contribution in [0.3, 0.4) is 0 Å². The van der Waals surface area contributed by atoms with Crippen LogP contribution in [0.1, 0.15) is 18.4 Å². The van der Waals surface area contributed by atoms with E-state index in [4.69, 9.17) is 5.84 Å². The van der Waals surface area contributed by atoms with E-state index in [1.54, 1.807) is 0 Å². The summed E-state index contributed by atoms with van der Waals surface area (Å²) in [6.45, 7) is 0.753. The van der Waals surface area contributed by atoms with E-state index in [0.717, 1.165) is 13.0 Å². The van der Waals surface area contributed by atoms with Gasteiger partial charge in [0.1, 0.15) is 0 Å². The maximum absolute atomic E-state index is 5.39. The minimum absolute atomic E-state index is 0.575. The van der Waals surface area contributed by atoms with Crippen molar-refractivity contribution in [3.8, 4) is 0 Å². The normalized spacial score (nSPS) is 15.9. The molecule has 1 aromatic carbocycles. The first-order valence-corrected chi connectivity index (χ1v) is 5.70. The number of rotatable bonds is 4. The van der Waals surface area contributed by atoms with Crippen molar-refractivity contribution >= 4 is 5.96 Å². The average molecular weight is 218 g/mol. The molecule has 0 spiro atoms. The predicted molar refractivity (Wildman–Crippen MR) is 65.9 cm³/mol. The number of nitrogens with one attached hydrogen (secondary N) is 2. The molecule has 0 heterocycles. The van der Waals surface area contributed by atoms with Crippen LogP contribution in [-0.2, 0) is 6.42 Å². The van der Waals surface area contributed by atoms with Crippen LogP contribution in [0.2, 0.25) is 0 Å². The van der Waals surface area contributed by atoms with E-state index in [0.29, 0.717) is 12.0 Å². The first kappa shape index (κ1) is 11.0. The smallest absolute Gasteiger partial charge is 0.205 e. The first-order chi connectivity index (χ1) is 7.88. The summed E-state index contributed by atoms with van der Waals surface area (Å²) in [6, 6.07) is 10.9. The van der Waals surface area contributed by atoms with E-state index >= 15 is 0 Å². The van der Waals surface area contributed by atoms with E-state index in [9.17, 15) is 0 Å². The number of hydrogen-bond donors (Lipinski definition) is 3. The van der Waals surface area contributed by atoms with Crippen molar-refractivity contribution in [2.45, 2.75) is 25.3 Å². The third-order valence-electron chi connectivity index (χ3n) is 2.57. The molecule has 0 saturated heterocycles. The van der Waals surface area contributed by atoms with Gasteiger partial charge in [0.15, 0.2) is 0 Å². The highest BCUT2D eigenvalue weighted by Gasteiger charge is 2.21. The van der Waals surface area contributed by atoms with Crippen LogP contribution in [0.4, 0.5) is 0 Å². The van der Waals surface area contributed by atoms with Crippen molar-refractivity contribution < 1.29 is 0 Å². The highest BCUT2D eigenvalue weighted by atomic mass is 15.3. The lowest BCUT2D eigenvalue weighted by atomic mass is 10.2. The molecule has 0 atom stereocenters. The van der Waals surface area contributed by atoms with Gasteiger partial charge < -0.3 is 5.32 Å². The lowest BCUT2D eigenvalue weighted by molar-refractivity contribution is 0.816. The van der Waals surface area contributed by atoms with E-state index in [1.165, 1.54) is 18.4 Å². The molecule has 0 unspecified atom stereocenters. The Kier molecular flexibility index (Phi) is 3.77. The van der Waals surface area contributed by atoms with Crippen molar-refractivity contribution in [2.24, 2.45) is 10.8 Å². The minimum atomic E-state index is 0.575. The average Bonchev–Trinajstić information content (AvgIpc) is 3.13. The van der Waals surface area contributed by atoms with Crippen molar-refractivity contribution in [3.05, 3.63) is 35.9 Å². The topological polar surface area (TPSA) is 62.4 Å². The maximum atomic E-state index is 5.39. The first-order valence-electron chi connectivity index (χ1n) is 5.70. The van der Waals surface area contributed by atoms with E-state index in [-0.39, 0.29) is 0 Å². The number of hydrogen-bond acceptors (Lipinski definition) is 2. The molecule has 0 radical (unpaired) electrons. The lowest BCUT2D eigenvalue weighted by Crippen LogP contribution is -2.42. The summed E-state index contributed by atoms with van der Waals surface area (Å²) in [7, 11) is 0. The largest absolute Gasteiger partial charge is 0.353 e. The van der Waals surface area contributed by atoms with Gasteiger partial charge in [-0.1, -0.05) is 30.3 Å². The SMILES string of the molecule is NNC(=NCCc1ccccc1)NC1CC1. The van der Waals surface area contributed by atoms with Crippen molar-refractivity contribution in [2.75, 3.05) is 6.54 Å². The summed E-state index contributed by atoms with van der Waals surface area (Å²) in [6.07, 6.45) is 3.39. The molecule has 16 heavy (non-hydrogen) atoms. The fourth-order valence-corrected chi connectivity index (χ4v) is 1.50. The van der Waals surface area contributed by atoms with Crippen LogP contribution in [0.25, 0.3) is 0 Å². The Labute approximate surface area is 95.9 Å². The molecule has 4 heteroatoms. The Morgan fingerprint density at radius 2 is 2.06 bits per heavy atom. The summed E-state index contributed by atoms with van der Waals surface area (Å²) in [5.74, 6) is 6.09. The predicted octanol–water partition coefficient (Wildman–Crippen LogP) is 0.800. The second-order valence-electron chi connectivity index (χ2n) is 4.03. The number of hydrazine groups is 1. The van der Waals surface area contributed by atoms with Crippen LogP contribution in [0.5, 0.6) is 0 Å². The molecule has 4 nitrogen and oxygen atoms in total. The highest BCUT2D eigenvalue weighted by Crippen LogP contribution is 2.18. The Morgan fingerprint density at radius 3 is 2.69 bits per heavy atom. The van der Waals surface area contributed by atoms with Gasteiger partial charge in [-0.3, -0.25) is 10.4 Å². The van der Waals surface area contributed by atoms with Crippen LogP contribution >= 0.6 is 0 Å². The number of aliphatic imine (C=N–C) groups is 1. The summed E-state index contributed by atoms with van der Waals surface area (Å²) in [4.78, 5) is 4.39. The highest BCUT2D eigenvalue weighted by molar-refractivity contribution is 5.79. The summed E-state index contributed by atoms with van der Waals surface area (Å²) >= 11 is 0. The third-order valence-corrected chi connectivity index (χ3v) is 2.57. The van der Waals surface area contributed by atoms with Gasteiger partial charge in [0.25, 0.3) is 0 Å². The summed E-state index contributed by atoms with van der Waals surface area (Å²) < 4.78 is 0. The van der Waals surface area contributed by atoms with Gasteiger partial charge in [-0.2, -0.15) is 0 Å². The molecule has 4 N–H and O–H groups in total. The second-order valence-corrected chi connectivity index (χ2v) is 4.03. The van der Waals surface area contributed by atoms with Crippen LogP contribution < -0.4 is 16.6 Å². The summed E-state index contributed by atoms with van der Waals surface area (Å²) in [5.41, 5.74) is 3.90. The van der Waals surface area contributed by atoms with Gasteiger partial charge >= 0.3 is 0 Å². The molecule has 1 saturated carbocycles. The Morgan fingerprint density at radius 1 is 1.31 bits per heavy atom. The molecule has 0 aromatic heterocycles. The second kappa shape index (κ2) is 5.51. The van der Waals surface area contributed by atoms with Crippen molar-refractivity contribution in [3.63, 3.8) is 0 Å². The van der Waals surface area contributed by atoms with E-state index in [1.807, 2.05) is 18.2 Å². The molecule has 86 valence electrons. The molecule has 0 aliphatic heterocycles. The third kappa shape index (κ3) is 3.55. The monoisotopic (exact) mass is 218 g/mol. The number of nitrogens with two attached hydrogens (primary N) is 1. The van der Waals surface area contributed by atoms with Gasteiger partial charge in [0.2, 0.25) is 5.96 Å². The standard InChI is InChI=1S/C12H18N4/c13-16-12(15-11-6-7-11)14-9-8-10-4-2-1-3-5-10/h1-5,11H,6-9,13H2,(H2,14,15,16). The van der Waals surface area contributed by atoms with Crippen LogP contribution in [-0.4, -0.2) is 18.5 Å². The quantitative estimate of drug-likeness (QED) is 0.303. The summed E-state index contributed by atoms with van der Waals surface area (Å²) in [5, 5.41) is 3.24. The Bertz CT molecular complexity index is 343. The van der Waals surface area contributed by atoms with Crippen LogP contribution in [0.15, 0.2) is 35.3 Å². The minimum Gasteiger partial charge on any atom is -0.353 e. The molecule has 1 aliphatic rings. The molecule has 0 bridgehead atoms. The Hall–Kier alpha value is -1.55. The number of benzene rings is 1. The zero-order valence-corrected chi connectivity index (χ0v) is 9.32. The van der Waals surface area contributed by atoms with Gasteiger partial charge in [-0.15, -0.1) is 0 Å². The molecule has 0 amide bonds. The van der Waals surface area contributed by atoms with Crippen LogP contribution in [0, 0.1) is 0 Å². The molecule has 1 fully saturated rings. The van der Waals surface area contributed by atoms with Crippen molar-refractivity contribution in [1.82, 2.24) is 10.7 Å². The lowest BCUT2D eigenvalue weighted by Gasteiger charge is -2.07. The number of nitrogens with zero attached hydrogens (tertiary/aromatic N) is 1. The van der Waals surface area contributed by atoms with Gasteiger partial charge in [-0.25, -0.2) is 5.84 Å². The van der Waals surface area contributed by atoms with Gasteiger partial charge in [0, 0.05) is 12.6 Å². The maximum Gasteiger partial charge on any atom is 0.205 e. The van der Waals surface area contributed by atoms with Crippen molar-refractivity contribution in [1.29, 1.82) is 0 Å². The number of guanidine groups is 1. The molecule has 1 aromatic rings. The fraction of sp³-hybridized carbons (Fsp3) is 0.417. The molecular weight excluding hydrogens is 200 g/mol. The van der Waals surface area contributed by atoms with Gasteiger partial charge in [-0.05, 0) is 24.8 Å². The molecule has 1 aliphatic carbocycles. The van der Waals surface area contributed by atoms with E-state index < -0.39 is 0 Å².